The van der Waals surface area contributed by atoms with Gasteiger partial charge in [-0.15, -0.1) is 0 Å². The van der Waals surface area contributed by atoms with E-state index in [9.17, 15) is 0 Å². The van der Waals surface area contributed by atoms with Crippen molar-refractivity contribution >= 4 is 11.6 Å². The van der Waals surface area contributed by atoms with Gasteiger partial charge in [0.25, 0.3) is 0 Å². The first-order valence-corrected chi connectivity index (χ1v) is 7.79. The average molecular weight is 296 g/mol. The van der Waals surface area contributed by atoms with Crippen LogP contribution in [0.2, 0.25) is 5.02 Å². The molecule has 0 radical (unpaired) electrons. The molecule has 110 valence electrons. The van der Waals surface area contributed by atoms with Crippen molar-refractivity contribution < 1.29 is 9.47 Å². The molecule has 0 spiro atoms. The molecule has 1 aliphatic carbocycles. The molecule has 2 N–H and O–H groups in total. The number of fused-ring (bicyclic) bond motifs is 1. The summed E-state index contributed by atoms with van der Waals surface area (Å²) in [5, 5.41) is 0.783. The predicted molar refractivity (Wildman–Crippen MR) is 80.9 cm³/mol. The standard InChI is InChI=1S/C16H22ClNO2/c1-10(2)13-14(16(8-18)5-3-4-6-16)11(17)7-12-15(13)20-9-19-12/h7,10H,3-6,8-9,18H2,1-2H3. The molecule has 0 aromatic heterocycles. The Hall–Kier alpha value is -0.930. The molecule has 1 fully saturated rings. The molecular formula is C16H22ClNO2. The molecule has 0 saturated heterocycles. The second-order valence-electron chi connectivity index (χ2n) is 6.23. The first kappa shape index (κ1) is 14.0. The van der Waals surface area contributed by atoms with Crippen molar-refractivity contribution in [3.63, 3.8) is 0 Å². The maximum absolute atomic E-state index is 6.61. The van der Waals surface area contributed by atoms with Crippen LogP contribution in [-0.2, 0) is 5.41 Å². The summed E-state index contributed by atoms with van der Waals surface area (Å²) in [7, 11) is 0. The van der Waals surface area contributed by atoms with Gasteiger partial charge in [-0.1, -0.05) is 38.3 Å². The van der Waals surface area contributed by atoms with Crippen molar-refractivity contribution in [2.24, 2.45) is 5.73 Å². The number of rotatable bonds is 3. The lowest BCUT2D eigenvalue weighted by molar-refractivity contribution is 0.173. The summed E-state index contributed by atoms with van der Waals surface area (Å²) in [6.07, 6.45) is 4.67. The second-order valence-corrected chi connectivity index (χ2v) is 6.63. The van der Waals surface area contributed by atoms with E-state index in [2.05, 4.69) is 13.8 Å². The normalized spacial score (nSPS) is 19.9. The van der Waals surface area contributed by atoms with E-state index in [-0.39, 0.29) is 12.2 Å². The van der Waals surface area contributed by atoms with Gasteiger partial charge in [0.05, 0.1) is 0 Å². The van der Waals surface area contributed by atoms with Crippen molar-refractivity contribution in [1.82, 2.24) is 0 Å². The molecule has 4 heteroatoms. The van der Waals surface area contributed by atoms with Gasteiger partial charge in [0.1, 0.15) is 0 Å². The van der Waals surface area contributed by atoms with Crippen molar-refractivity contribution in [3.05, 3.63) is 22.2 Å². The van der Waals surface area contributed by atoms with Gasteiger partial charge < -0.3 is 15.2 Å². The molecule has 3 nitrogen and oxygen atoms in total. The summed E-state index contributed by atoms with van der Waals surface area (Å²) in [5.74, 6) is 1.98. The van der Waals surface area contributed by atoms with Crippen LogP contribution >= 0.6 is 11.6 Å². The van der Waals surface area contributed by atoms with Gasteiger partial charge in [-0.3, -0.25) is 0 Å². The first-order chi connectivity index (χ1) is 9.59. The van der Waals surface area contributed by atoms with E-state index in [0.29, 0.717) is 12.5 Å². The summed E-state index contributed by atoms with van der Waals surface area (Å²) in [6, 6.07) is 1.90. The molecule has 0 bridgehead atoms. The van der Waals surface area contributed by atoms with Crippen molar-refractivity contribution in [2.75, 3.05) is 13.3 Å². The molecule has 1 saturated carbocycles. The SMILES string of the molecule is CC(C)c1c2c(cc(Cl)c1C1(CN)CCCC1)OCO2. The fraction of sp³-hybridized carbons (Fsp3) is 0.625. The van der Waals surface area contributed by atoms with E-state index in [4.69, 9.17) is 26.8 Å². The molecule has 1 aromatic rings. The topological polar surface area (TPSA) is 44.5 Å². The third-order valence-electron chi connectivity index (χ3n) is 4.71. The molecule has 0 atom stereocenters. The van der Waals surface area contributed by atoms with E-state index < -0.39 is 0 Å². The summed E-state index contributed by atoms with van der Waals surface area (Å²) < 4.78 is 11.2. The molecular weight excluding hydrogens is 274 g/mol. The largest absolute Gasteiger partial charge is 0.454 e. The van der Waals surface area contributed by atoms with Crippen LogP contribution in [0.5, 0.6) is 11.5 Å². The Balaban J connectivity index is 2.24. The number of ether oxygens (including phenoxy) is 2. The average Bonchev–Trinajstić information content (AvgIpc) is 3.05. The summed E-state index contributed by atoms with van der Waals surface area (Å²) >= 11 is 6.61. The number of halogens is 1. The van der Waals surface area contributed by atoms with E-state index in [0.717, 1.165) is 29.4 Å². The molecule has 1 heterocycles. The predicted octanol–water partition coefficient (Wildman–Crippen LogP) is 3.96. The third kappa shape index (κ3) is 1.99. The van der Waals surface area contributed by atoms with Gasteiger partial charge in [-0.25, -0.2) is 0 Å². The lowest BCUT2D eigenvalue weighted by Gasteiger charge is -2.33. The number of benzene rings is 1. The molecule has 1 aromatic carbocycles. The maximum Gasteiger partial charge on any atom is 0.231 e. The summed E-state index contributed by atoms with van der Waals surface area (Å²) in [4.78, 5) is 0. The number of hydrogen-bond donors (Lipinski definition) is 1. The third-order valence-corrected chi connectivity index (χ3v) is 5.01. The van der Waals surface area contributed by atoms with Crippen molar-refractivity contribution in [3.8, 4) is 11.5 Å². The van der Waals surface area contributed by atoms with Gasteiger partial charge in [-0.2, -0.15) is 0 Å². The first-order valence-electron chi connectivity index (χ1n) is 7.41. The Morgan fingerprint density at radius 3 is 2.60 bits per heavy atom. The van der Waals surface area contributed by atoms with Crippen LogP contribution in [0.3, 0.4) is 0 Å². The highest BCUT2D eigenvalue weighted by molar-refractivity contribution is 6.32. The van der Waals surface area contributed by atoms with E-state index in [1.54, 1.807) is 0 Å². The maximum atomic E-state index is 6.61. The molecule has 20 heavy (non-hydrogen) atoms. The zero-order chi connectivity index (χ0) is 14.3. The van der Waals surface area contributed by atoms with E-state index in [1.165, 1.54) is 24.0 Å². The fourth-order valence-electron chi connectivity index (χ4n) is 3.73. The lowest BCUT2D eigenvalue weighted by Crippen LogP contribution is -2.33. The summed E-state index contributed by atoms with van der Waals surface area (Å²) in [5.41, 5.74) is 8.56. The molecule has 3 rings (SSSR count). The second kappa shape index (κ2) is 5.12. The van der Waals surface area contributed by atoms with E-state index in [1.807, 2.05) is 6.07 Å². The molecule has 2 aliphatic rings. The zero-order valence-corrected chi connectivity index (χ0v) is 12.9. The Bertz CT molecular complexity index is 522. The highest BCUT2D eigenvalue weighted by Crippen LogP contribution is 2.52. The Morgan fingerprint density at radius 1 is 1.30 bits per heavy atom. The van der Waals surface area contributed by atoms with Crippen LogP contribution in [0.4, 0.5) is 0 Å². The van der Waals surface area contributed by atoms with Crippen LogP contribution in [0.25, 0.3) is 0 Å². The molecule has 1 aliphatic heterocycles. The highest BCUT2D eigenvalue weighted by Gasteiger charge is 2.40. The minimum atomic E-state index is 0.0116. The lowest BCUT2D eigenvalue weighted by atomic mass is 9.74. The monoisotopic (exact) mass is 295 g/mol. The van der Waals surface area contributed by atoms with Gasteiger partial charge >= 0.3 is 0 Å². The van der Waals surface area contributed by atoms with Crippen molar-refractivity contribution in [2.45, 2.75) is 50.9 Å². The van der Waals surface area contributed by atoms with E-state index >= 15 is 0 Å². The molecule has 0 amide bonds. The Morgan fingerprint density at radius 2 is 2.00 bits per heavy atom. The van der Waals surface area contributed by atoms with Crippen LogP contribution < -0.4 is 15.2 Å². The number of hydrogen-bond acceptors (Lipinski definition) is 3. The molecule has 0 unspecified atom stereocenters. The Labute approximate surface area is 125 Å². The zero-order valence-electron chi connectivity index (χ0n) is 12.2. The summed E-state index contributed by atoms with van der Waals surface area (Å²) in [6.45, 7) is 5.28. The van der Waals surface area contributed by atoms with Crippen LogP contribution in [0.15, 0.2) is 6.07 Å². The minimum absolute atomic E-state index is 0.0116. The van der Waals surface area contributed by atoms with Crippen LogP contribution in [0, 0.1) is 0 Å². The highest BCUT2D eigenvalue weighted by atomic mass is 35.5. The Kier molecular flexibility index (Phi) is 3.59. The minimum Gasteiger partial charge on any atom is -0.454 e. The van der Waals surface area contributed by atoms with Gasteiger partial charge in [0.2, 0.25) is 6.79 Å². The quantitative estimate of drug-likeness (QED) is 0.918. The van der Waals surface area contributed by atoms with Gasteiger partial charge in [0.15, 0.2) is 11.5 Å². The number of nitrogens with two attached hydrogens (primary N) is 1. The van der Waals surface area contributed by atoms with Crippen LogP contribution in [0.1, 0.15) is 56.6 Å². The van der Waals surface area contributed by atoms with Gasteiger partial charge in [0, 0.05) is 28.6 Å². The fourth-order valence-corrected chi connectivity index (χ4v) is 4.13. The van der Waals surface area contributed by atoms with Crippen LogP contribution in [-0.4, -0.2) is 13.3 Å². The van der Waals surface area contributed by atoms with Crippen molar-refractivity contribution in [1.29, 1.82) is 0 Å². The van der Waals surface area contributed by atoms with Gasteiger partial charge in [-0.05, 0) is 24.3 Å². The smallest absolute Gasteiger partial charge is 0.231 e.